The molecule has 1 aromatic heterocycles. The fraction of sp³-hybridized carbons (Fsp3) is 0. The molecule has 22 nitrogen and oxygen atoms in total. The molecule has 0 saturated carbocycles. The van der Waals surface area contributed by atoms with Crippen LogP contribution in [0, 0.1) is 0 Å². The molecule has 5 aromatic rings. The molecule has 4 aromatic carbocycles. The van der Waals surface area contributed by atoms with Crippen LogP contribution in [-0.2, 0) is 40.5 Å². The maximum absolute atomic E-state index is 12.4. The van der Waals surface area contributed by atoms with Crippen LogP contribution in [0.25, 0.3) is 10.8 Å². The lowest BCUT2D eigenvalue weighted by Crippen LogP contribution is -2.04. The minimum atomic E-state index is -5.38. The number of benzene rings is 4. The van der Waals surface area contributed by atoms with Crippen LogP contribution >= 0.6 is 23.2 Å². The van der Waals surface area contributed by atoms with Crippen molar-refractivity contribution in [1.29, 1.82) is 0 Å². The van der Waals surface area contributed by atoms with Crippen LogP contribution in [0.4, 0.5) is 40.1 Å². The number of phenolic OH excluding ortho intramolecular Hbond substituents is 1. The molecule has 0 aliphatic carbocycles. The summed E-state index contributed by atoms with van der Waals surface area (Å²) in [5.74, 6) is -1.44. The summed E-state index contributed by atoms with van der Waals surface area (Å²) in [6, 6.07) is 8.02. The van der Waals surface area contributed by atoms with E-state index in [9.17, 15) is 52.4 Å². The fourth-order valence-corrected chi connectivity index (χ4v) is 7.18. The first-order valence-corrected chi connectivity index (χ1v) is 19.9. The lowest BCUT2D eigenvalue weighted by Gasteiger charge is -2.14. The molecule has 5 rings (SSSR count). The fourth-order valence-electron chi connectivity index (χ4n) is 4.40. The van der Waals surface area contributed by atoms with Crippen molar-refractivity contribution in [3.05, 3.63) is 65.2 Å². The van der Waals surface area contributed by atoms with Gasteiger partial charge in [-0.15, -0.1) is 15.3 Å². The molecule has 0 aliphatic rings. The van der Waals surface area contributed by atoms with Crippen LogP contribution in [0.15, 0.2) is 94.6 Å². The zero-order valence-electron chi connectivity index (χ0n) is 25.3. The highest BCUT2D eigenvalue weighted by molar-refractivity contribution is 7.86. The lowest BCUT2D eigenvalue weighted by atomic mass is 10.1. The Morgan fingerprint density at radius 1 is 0.623 bits per heavy atom. The molecule has 0 radical (unpaired) electrons. The number of anilines is 3. The Morgan fingerprint density at radius 2 is 1.15 bits per heavy atom. The molecule has 0 spiro atoms. The monoisotopic (exact) mass is 849 g/mol. The maximum Gasteiger partial charge on any atom is 0.296 e. The number of nitrogens with two attached hydrogens (primary N) is 1. The van der Waals surface area contributed by atoms with Gasteiger partial charge in [0.15, 0.2) is 5.75 Å². The van der Waals surface area contributed by atoms with Gasteiger partial charge in [-0.1, -0.05) is 0 Å². The normalized spacial score (nSPS) is 12.9. The Hall–Kier alpha value is -5.03. The number of aromatic hydroxyl groups is 1. The summed E-state index contributed by atoms with van der Waals surface area (Å²) in [5.41, 5.74) is 2.59. The van der Waals surface area contributed by atoms with Crippen LogP contribution in [-0.4, -0.2) is 71.9 Å². The Kier molecular flexibility index (Phi) is 10.4. The van der Waals surface area contributed by atoms with E-state index in [2.05, 4.69) is 40.7 Å². The number of azo groups is 2. The third kappa shape index (κ3) is 8.79. The molecule has 0 aliphatic heterocycles. The lowest BCUT2D eigenvalue weighted by molar-refractivity contribution is 0.472. The molecule has 0 bridgehead atoms. The van der Waals surface area contributed by atoms with Crippen molar-refractivity contribution in [3.63, 3.8) is 0 Å². The van der Waals surface area contributed by atoms with Gasteiger partial charge in [-0.05, 0) is 83.2 Å². The quantitative estimate of drug-likeness (QED) is 0.0540. The first-order valence-electron chi connectivity index (χ1n) is 13.4. The van der Waals surface area contributed by atoms with Crippen LogP contribution in [0.5, 0.6) is 5.75 Å². The van der Waals surface area contributed by atoms with E-state index in [1.165, 1.54) is 0 Å². The molecular weight excluding hydrogens is 833 g/mol. The SMILES string of the molecule is Nc1c(N=Nc2ccc(S(=O)(=O)O)cc2)c(S(=O)(=O)O)cc2cc(S(=O)(=O)O)c(N=Nc3cc(Nc4nc(Cl)nc(Cl)n4)ccc3S(=O)(=O)O)c(O)c12. The van der Waals surface area contributed by atoms with Gasteiger partial charge in [0.05, 0.1) is 21.7 Å². The van der Waals surface area contributed by atoms with E-state index in [-0.39, 0.29) is 27.9 Å². The average molecular weight is 851 g/mol. The van der Waals surface area contributed by atoms with Gasteiger partial charge in [-0.3, -0.25) is 18.2 Å². The maximum atomic E-state index is 12.4. The van der Waals surface area contributed by atoms with E-state index in [0.717, 1.165) is 42.5 Å². The summed E-state index contributed by atoms with van der Waals surface area (Å²) in [5, 5.41) is 26.8. The number of halogens is 2. The van der Waals surface area contributed by atoms with Crippen molar-refractivity contribution in [2.75, 3.05) is 11.1 Å². The second-order valence-corrected chi connectivity index (χ2v) is 16.4. The highest BCUT2D eigenvalue weighted by atomic mass is 35.5. The van der Waals surface area contributed by atoms with E-state index in [4.69, 9.17) is 33.5 Å². The topological polar surface area (TPSA) is 364 Å². The highest BCUT2D eigenvalue weighted by Crippen LogP contribution is 2.48. The number of nitrogen functional groups attached to an aromatic ring is 1. The molecule has 8 N–H and O–H groups in total. The molecular formula is C25H17Cl2N9O13S4. The summed E-state index contributed by atoms with van der Waals surface area (Å²) in [4.78, 5) is 7.40. The van der Waals surface area contributed by atoms with E-state index in [1.807, 2.05) is 0 Å². The average Bonchev–Trinajstić information content (AvgIpc) is 3.01. The van der Waals surface area contributed by atoms with Crippen LogP contribution in [0.1, 0.15) is 0 Å². The Morgan fingerprint density at radius 3 is 1.68 bits per heavy atom. The second kappa shape index (κ2) is 14.1. The van der Waals surface area contributed by atoms with Gasteiger partial charge in [0.25, 0.3) is 40.5 Å². The number of rotatable bonds is 10. The molecule has 1 heterocycles. The minimum Gasteiger partial charge on any atom is -0.505 e. The molecule has 0 amide bonds. The summed E-state index contributed by atoms with van der Waals surface area (Å²) in [6.45, 7) is 0. The summed E-state index contributed by atoms with van der Waals surface area (Å²) in [6.07, 6.45) is 0. The number of hydrogen-bond acceptors (Lipinski definition) is 18. The van der Waals surface area contributed by atoms with Crippen molar-refractivity contribution in [2.45, 2.75) is 19.6 Å². The van der Waals surface area contributed by atoms with E-state index < -0.39 is 99.3 Å². The van der Waals surface area contributed by atoms with Crippen LogP contribution in [0.2, 0.25) is 10.6 Å². The Balaban J connectivity index is 1.72. The zero-order valence-corrected chi connectivity index (χ0v) is 30.1. The summed E-state index contributed by atoms with van der Waals surface area (Å²) in [7, 11) is -20.3. The first kappa shape index (κ1) is 39.2. The molecule has 0 atom stereocenters. The van der Waals surface area contributed by atoms with Gasteiger partial charge < -0.3 is 16.2 Å². The van der Waals surface area contributed by atoms with Crippen molar-refractivity contribution in [1.82, 2.24) is 15.0 Å². The predicted octanol–water partition coefficient (Wildman–Crippen LogP) is 5.18. The van der Waals surface area contributed by atoms with E-state index in [0.29, 0.717) is 12.1 Å². The standard InChI is InChI=1S/C25H17Cl2N9O13S4/c26-23-30-24(27)32-25(31-23)29-12-3-6-15(51(41,42)43)14(9-12)34-36-21-17(53(47,48)49)8-10-7-16(52(44,45)46)20(19(28)18(10)22(21)37)35-33-11-1-4-13(5-2-11)50(38,39)40/h1-9,37H,28H2,(H,38,39,40)(H,41,42,43)(H,44,45,46)(H,47,48,49)(H,29,30,31,32). The van der Waals surface area contributed by atoms with Crippen molar-refractivity contribution in [2.24, 2.45) is 20.5 Å². The van der Waals surface area contributed by atoms with Gasteiger partial charge in [-0.25, -0.2) is 0 Å². The molecule has 278 valence electrons. The van der Waals surface area contributed by atoms with Crippen molar-refractivity contribution >= 4 is 115 Å². The van der Waals surface area contributed by atoms with Gasteiger partial charge in [0.2, 0.25) is 16.5 Å². The minimum absolute atomic E-state index is 0.0352. The zero-order chi connectivity index (χ0) is 39.3. The third-order valence-electron chi connectivity index (χ3n) is 6.60. The Labute approximate surface area is 307 Å². The van der Waals surface area contributed by atoms with Crippen LogP contribution < -0.4 is 11.1 Å². The number of fused-ring (bicyclic) bond motifs is 1. The number of aromatic nitrogens is 3. The predicted molar refractivity (Wildman–Crippen MR) is 184 cm³/mol. The molecule has 53 heavy (non-hydrogen) atoms. The Bertz CT molecular complexity index is 2840. The molecule has 0 fully saturated rings. The number of hydrogen-bond donors (Lipinski definition) is 7. The van der Waals surface area contributed by atoms with E-state index >= 15 is 0 Å². The van der Waals surface area contributed by atoms with E-state index in [1.54, 1.807) is 0 Å². The third-order valence-corrected chi connectivity index (χ3v) is 10.4. The van der Waals surface area contributed by atoms with Gasteiger partial charge in [-0.2, -0.15) is 53.7 Å². The van der Waals surface area contributed by atoms with Crippen LogP contribution in [0.3, 0.4) is 0 Å². The number of nitrogens with one attached hydrogen (secondary N) is 1. The van der Waals surface area contributed by atoms with Crippen molar-refractivity contribution in [3.8, 4) is 5.75 Å². The number of nitrogens with zero attached hydrogens (tertiary/aromatic N) is 7. The molecule has 0 unspecified atom stereocenters. The molecule has 28 heteroatoms. The highest BCUT2D eigenvalue weighted by Gasteiger charge is 2.28. The molecule has 0 saturated heterocycles. The second-order valence-electron chi connectivity index (χ2n) is 10.1. The van der Waals surface area contributed by atoms with Crippen molar-refractivity contribution < 1.29 is 57.0 Å². The first-order chi connectivity index (χ1) is 24.4. The summed E-state index contributed by atoms with van der Waals surface area (Å²) < 4.78 is 135. The number of phenols is 1. The summed E-state index contributed by atoms with van der Waals surface area (Å²) >= 11 is 11.5. The van der Waals surface area contributed by atoms with Gasteiger partial charge >= 0.3 is 0 Å². The van der Waals surface area contributed by atoms with Gasteiger partial charge in [0, 0.05) is 5.69 Å². The largest absolute Gasteiger partial charge is 0.505 e. The smallest absolute Gasteiger partial charge is 0.296 e. The van der Waals surface area contributed by atoms with Gasteiger partial charge in [0.1, 0.15) is 31.7 Å².